The van der Waals surface area contributed by atoms with Gasteiger partial charge >= 0.3 is 6.18 Å². The number of fused-ring (bicyclic) bond motifs is 1. The fourth-order valence-corrected chi connectivity index (χ4v) is 2.53. The van der Waals surface area contributed by atoms with Crippen LogP contribution in [0.3, 0.4) is 0 Å². The minimum atomic E-state index is -4.93. The second-order valence-corrected chi connectivity index (χ2v) is 4.71. The average Bonchev–Trinajstić information content (AvgIpc) is 2.71. The van der Waals surface area contributed by atoms with E-state index >= 15 is 0 Å². The van der Waals surface area contributed by atoms with Crippen molar-refractivity contribution in [3.05, 3.63) is 29.3 Å². The number of hydrogen-bond acceptors (Lipinski definition) is 4. The number of nitriles is 1. The molecule has 0 amide bonds. The lowest BCUT2D eigenvalue weighted by Crippen LogP contribution is -2.41. The van der Waals surface area contributed by atoms with E-state index in [-0.39, 0.29) is 0 Å². The number of rotatable bonds is 2. The number of hydrogen-bond donors (Lipinski definition) is 1. The van der Waals surface area contributed by atoms with Crippen LogP contribution in [0.15, 0.2) is 24.3 Å². The molecule has 0 saturated carbocycles. The van der Waals surface area contributed by atoms with Crippen LogP contribution >= 0.6 is 11.3 Å². The number of aromatic nitrogens is 1. The predicted molar refractivity (Wildman–Crippen MR) is 59.8 cm³/mol. The minimum Gasteiger partial charge on any atom is -0.374 e. The number of para-hydroxylation sites is 1. The van der Waals surface area contributed by atoms with E-state index in [1.807, 2.05) is 0 Å². The molecule has 2 rings (SSSR count). The fourth-order valence-electron chi connectivity index (χ4n) is 1.46. The fraction of sp³-hybridized carbons (Fsp3) is 0.273. The Morgan fingerprint density at radius 2 is 2.00 bits per heavy atom. The molecule has 3 nitrogen and oxygen atoms in total. The molecule has 0 radical (unpaired) electrons. The second-order valence-electron chi connectivity index (χ2n) is 3.68. The summed E-state index contributed by atoms with van der Waals surface area (Å²) in [5, 5.41) is 17.7. The van der Waals surface area contributed by atoms with Gasteiger partial charge in [-0.15, -0.1) is 11.3 Å². The molecule has 1 N–H and O–H groups in total. The number of aliphatic hydroxyl groups is 1. The Kier molecular flexibility index (Phi) is 3.00. The molecule has 0 fully saturated rings. The van der Waals surface area contributed by atoms with Crippen molar-refractivity contribution in [1.82, 2.24) is 4.98 Å². The molecule has 1 aromatic heterocycles. The van der Waals surface area contributed by atoms with E-state index in [1.54, 1.807) is 24.3 Å². The van der Waals surface area contributed by atoms with E-state index in [0.717, 1.165) is 11.3 Å². The van der Waals surface area contributed by atoms with Crippen LogP contribution in [0, 0.1) is 11.3 Å². The van der Waals surface area contributed by atoms with Gasteiger partial charge < -0.3 is 5.11 Å². The molecule has 7 heteroatoms. The van der Waals surface area contributed by atoms with Crippen molar-refractivity contribution < 1.29 is 18.3 Å². The summed E-state index contributed by atoms with van der Waals surface area (Å²) in [4.78, 5) is 3.77. The quantitative estimate of drug-likeness (QED) is 0.914. The molecule has 0 aliphatic rings. The van der Waals surface area contributed by atoms with Gasteiger partial charge in [0.15, 0.2) is 0 Å². The SMILES string of the molecule is N#CC[C@](O)(c1nc2ccccc2s1)C(F)(F)F. The summed E-state index contributed by atoms with van der Waals surface area (Å²) < 4.78 is 39.1. The third-order valence-electron chi connectivity index (χ3n) is 2.45. The zero-order valence-corrected chi connectivity index (χ0v) is 9.72. The van der Waals surface area contributed by atoms with Crippen LogP contribution in [-0.4, -0.2) is 16.3 Å². The summed E-state index contributed by atoms with van der Waals surface area (Å²) in [5.74, 6) is 0. The molecule has 0 aliphatic carbocycles. The third-order valence-corrected chi connectivity index (χ3v) is 3.64. The number of alkyl halides is 3. The van der Waals surface area contributed by atoms with Gasteiger partial charge in [-0.1, -0.05) is 12.1 Å². The molecule has 1 aromatic carbocycles. The standard InChI is InChI=1S/C11H7F3N2OS/c12-11(13,14)10(17,5-6-15)9-16-7-3-1-2-4-8(7)18-9/h1-4,17H,5H2/t10-/m0/s1. The smallest absolute Gasteiger partial charge is 0.374 e. The molecule has 0 aliphatic heterocycles. The van der Waals surface area contributed by atoms with E-state index in [0.29, 0.717) is 10.2 Å². The molecular weight excluding hydrogens is 265 g/mol. The van der Waals surface area contributed by atoms with Crippen LogP contribution in [0.4, 0.5) is 13.2 Å². The lowest BCUT2D eigenvalue weighted by atomic mass is 10.0. The first-order valence-electron chi connectivity index (χ1n) is 4.90. The maximum atomic E-state index is 12.9. The summed E-state index contributed by atoms with van der Waals surface area (Å²) in [5.41, 5.74) is -2.83. The van der Waals surface area contributed by atoms with Crippen LogP contribution < -0.4 is 0 Å². The number of nitrogens with zero attached hydrogens (tertiary/aromatic N) is 2. The van der Waals surface area contributed by atoms with Crippen molar-refractivity contribution in [1.29, 1.82) is 5.26 Å². The predicted octanol–water partition coefficient (Wildman–Crippen LogP) is 2.96. The summed E-state index contributed by atoms with van der Waals surface area (Å²) in [7, 11) is 0. The van der Waals surface area contributed by atoms with Crippen molar-refractivity contribution in [2.24, 2.45) is 0 Å². The monoisotopic (exact) mass is 272 g/mol. The Morgan fingerprint density at radius 1 is 1.33 bits per heavy atom. The zero-order chi connectivity index (χ0) is 13.4. The van der Waals surface area contributed by atoms with Gasteiger partial charge in [-0.05, 0) is 12.1 Å². The van der Waals surface area contributed by atoms with Crippen molar-refractivity contribution >= 4 is 21.6 Å². The highest BCUT2D eigenvalue weighted by Gasteiger charge is 2.57. The molecule has 1 atom stereocenters. The summed E-state index contributed by atoms with van der Waals surface area (Å²) in [6.07, 6.45) is -6.01. The number of thiazole rings is 1. The lowest BCUT2D eigenvalue weighted by Gasteiger charge is -2.25. The maximum absolute atomic E-state index is 12.9. The van der Waals surface area contributed by atoms with E-state index in [9.17, 15) is 18.3 Å². The van der Waals surface area contributed by atoms with Crippen molar-refractivity contribution in [3.63, 3.8) is 0 Å². The Labute approximate surface area is 104 Å². The highest BCUT2D eigenvalue weighted by Crippen LogP contribution is 2.43. The van der Waals surface area contributed by atoms with Gasteiger partial charge in [-0.2, -0.15) is 18.4 Å². The third kappa shape index (κ3) is 1.94. The van der Waals surface area contributed by atoms with Crippen molar-refractivity contribution in [2.75, 3.05) is 0 Å². The van der Waals surface area contributed by atoms with E-state index in [2.05, 4.69) is 4.98 Å². The largest absolute Gasteiger partial charge is 0.424 e. The molecular formula is C11H7F3N2OS. The van der Waals surface area contributed by atoms with Crippen LogP contribution in [0.2, 0.25) is 0 Å². The van der Waals surface area contributed by atoms with Gasteiger partial charge in [-0.3, -0.25) is 0 Å². The van der Waals surface area contributed by atoms with Crippen LogP contribution in [0.5, 0.6) is 0 Å². The highest BCUT2D eigenvalue weighted by molar-refractivity contribution is 7.18. The van der Waals surface area contributed by atoms with Gasteiger partial charge in [0.25, 0.3) is 0 Å². The minimum absolute atomic E-state index is 0.373. The molecule has 0 bridgehead atoms. The molecule has 0 unspecified atom stereocenters. The summed E-state index contributed by atoms with van der Waals surface area (Å²) >= 11 is 0.739. The van der Waals surface area contributed by atoms with Crippen molar-refractivity contribution in [2.45, 2.75) is 18.2 Å². The molecule has 2 aromatic rings. The molecule has 18 heavy (non-hydrogen) atoms. The lowest BCUT2D eigenvalue weighted by molar-refractivity contribution is -0.264. The normalized spacial score (nSPS) is 15.3. The van der Waals surface area contributed by atoms with E-state index < -0.39 is 23.2 Å². The average molecular weight is 272 g/mol. The van der Waals surface area contributed by atoms with Gasteiger partial charge in [0, 0.05) is 0 Å². The first kappa shape index (κ1) is 12.8. The van der Waals surface area contributed by atoms with Crippen LogP contribution in [0.25, 0.3) is 10.2 Å². The van der Waals surface area contributed by atoms with Crippen molar-refractivity contribution in [3.8, 4) is 6.07 Å². The molecule has 94 valence electrons. The van der Waals surface area contributed by atoms with Gasteiger partial charge in [0.1, 0.15) is 5.01 Å². The second kappa shape index (κ2) is 4.23. The highest BCUT2D eigenvalue weighted by atomic mass is 32.1. The first-order valence-corrected chi connectivity index (χ1v) is 5.72. The van der Waals surface area contributed by atoms with E-state index in [1.165, 1.54) is 6.07 Å². The molecule has 1 heterocycles. The Hall–Kier alpha value is -1.65. The van der Waals surface area contributed by atoms with Crippen LogP contribution in [0.1, 0.15) is 11.4 Å². The molecule has 0 saturated heterocycles. The van der Waals surface area contributed by atoms with Gasteiger partial charge in [0.05, 0.1) is 22.7 Å². The first-order chi connectivity index (χ1) is 8.38. The Balaban J connectivity index is 2.59. The Morgan fingerprint density at radius 3 is 2.56 bits per heavy atom. The number of benzene rings is 1. The van der Waals surface area contributed by atoms with Crippen LogP contribution in [-0.2, 0) is 5.60 Å². The maximum Gasteiger partial charge on any atom is 0.424 e. The van der Waals surface area contributed by atoms with E-state index in [4.69, 9.17) is 5.26 Å². The van der Waals surface area contributed by atoms with Gasteiger partial charge in [0.2, 0.25) is 5.60 Å². The van der Waals surface area contributed by atoms with Gasteiger partial charge in [-0.25, -0.2) is 4.98 Å². The summed E-state index contributed by atoms with van der Waals surface area (Å²) in [6.45, 7) is 0. The Bertz CT molecular complexity index is 584. The topological polar surface area (TPSA) is 56.9 Å². The molecule has 0 spiro atoms. The summed E-state index contributed by atoms with van der Waals surface area (Å²) in [6, 6.07) is 7.83. The number of halogens is 3. The zero-order valence-electron chi connectivity index (χ0n) is 8.90.